The highest BCUT2D eigenvalue weighted by molar-refractivity contribution is 5.85. The minimum absolute atomic E-state index is 0.0258. The van der Waals surface area contributed by atoms with Crippen molar-refractivity contribution in [1.29, 1.82) is 0 Å². The number of anilines is 1. The molecule has 0 aromatic heterocycles. The Bertz CT molecular complexity index is 385. The first-order valence-corrected chi connectivity index (χ1v) is 5.74. The van der Waals surface area contributed by atoms with Crippen LogP contribution >= 0.6 is 0 Å². The molecule has 0 bridgehead atoms. The van der Waals surface area contributed by atoms with Crippen molar-refractivity contribution in [2.75, 3.05) is 31.7 Å². The number of hydrogen-bond donors (Lipinski definition) is 0. The summed E-state index contributed by atoms with van der Waals surface area (Å²) in [5, 5.41) is 0. The predicted molar refractivity (Wildman–Crippen MR) is 63.6 cm³/mol. The van der Waals surface area contributed by atoms with E-state index >= 15 is 0 Å². The Morgan fingerprint density at radius 3 is 2.76 bits per heavy atom. The number of likely N-dealkylation sites (N-methyl/N-ethyl adjacent to an activating group) is 1. The van der Waals surface area contributed by atoms with Crippen LogP contribution in [0.15, 0.2) is 24.3 Å². The minimum atomic E-state index is -0.266. The summed E-state index contributed by atoms with van der Waals surface area (Å²) < 4.78 is 17.9. The molecule has 1 aromatic carbocycles. The van der Waals surface area contributed by atoms with Gasteiger partial charge >= 0.3 is 0 Å². The van der Waals surface area contributed by atoms with Gasteiger partial charge in [-0.1, -0.05) is 0 Å². The molecule has 1 heterocycles. The number of ether oxygens (including phenoxy) is 1. The zero-order valence-corrected chi connectivity index (χ0v) is 9.86. The summed E-state index contributed by atoms with van der Waals surface area (Å²) in [4.78, 5) is 13.7. The van der Waals surface area contributed by atoms with Gasteiger partial charge in [0.15, 0.2) is 5.78 Å². The van der Waals surface area contributed by atoms with Crippen LogP contribution in [0.3, 0.4) is 0 Å². The number of Topliss-reactive ketones (excluding diaryl/α,β-unsaturated/α-hetero) is 1. The van der Waals surface area contributed by atoms with Crippen molar-refractivity contribution >= 4 is 11.5 Å². The van der Waals surface area contributed by atoms with E-state index in [0.717, 1.165) is 12.1 Å². The number of hydrogen-bond acceptors (Lipinski definition) is 3. The summed E-state index contributed by atoms with van der Waals surface area (Å²) in [6, 6.07) is 6.14. The van der Waals surface area contributed by atoms with E-state index in [2.05, 4.69) is 0 Å². The first-order valence-electron chi connectivity index (χ1n) is 5.74. The lowest BCUT2D eigenvalue weighted by Crippen LogP contribution is -2.30. The van der Waals surface area contributed by atoms with Gasteiger partial charge in [0.2, 0.25) is 0 Å². The zero-order chi connectivity index (χ0) is 12.3. The van der Waals surface area contributed by atoms with E-state index in [1.807, 2.05) is 11.9 Å². The fourth-order valence-electron chi connectivity index (χ4n) is 1.94. The van der Waals surface area contributed by atoms with Crippen molar-refractivity contribution in [2.45, 2.75) is 6.42 Å². The van der Waals surface area contributed by atoms with Gasteiger partial charge in [0.05, 0.1) is 13.2 Å². The van der Waals surface area contributed by atoms with Crippen LogP contribution in [0, 0.1) is 11.7 Å². The van der Waals surface area contributed by atoms with E-state index in [1.165, 1.54) is 12.1 Å². The van der Waals surface area contributed by atoms with E-state index in [4.69, 9.17) is 4.74 Å². The van der Waals surface area contributed by atoms with Gasteiger partial charge in [-0.05, 0) is 30.7 Å². The topological polar surface area (TPSA) is 29.5 Å². The van der Waals surface area contributed by atoms with E-state index in [0.29, 0.717) is 19.8 Å². The summed E-state index contributed by atoms with van der Waals surface area (Å²) in [5.74, 6) is -0.0510. The average Bonchev–Trinajstić information content (AvgIpc) is 2.83. The van der Waals surface area contributed by atoms with Gasteiger partial charge in [0.25, 0.3) is 0 Å². The molecule has 1 unspecified atom stereocenters. The smallest absolute Gasteiger partial charge is 0.157 e. The molecule has 0 radical (unpaired) electrons. The second-order valence-electron chi connectivity index (χ2n) is 4.36. The molecule has 0 spiro atoms. The first-order chi connectivity index (χ1) is 8.16. The Morgan fingerprint density at radius 2 is 2.18 bits per heavy atom. The number of carbonyl (C=O) groups is 1. The number of ketones is 1. The second kappa shape index (κ2) is 5.27. The van der Waals surface area contributed by atoms with Gasteiger partial charge in [-0.3, -0.25) is 4.79 Å². The number of rotatable bonds is 4. The van der Waals surface area contributed by atoms with Crippen LogP contribution in [-0.2, 0) is 9.53 Å². The maximum atomic E-state index is 12.8. The third kappa shape index (κ3) is 3.03. The first kappa shape index (κ1) is 12.0. The number of carbonyl (C=O) groups excluding carboxylic acids is 1. The summed E-state index contributed by atoms with van der Waals surface area (Å²) in [7, 11) is 1.83. The molecule has 1 atom stereocenters. The Labute approximate surface area is 100 Å². The van der Waals surface area contributed by atoms with Gasteiger partial charge in [0.1, 0.15) is 5.82 Å². The molecule has 0 N–H and O–H groups in total. The van der Waals surface area contributed by atoms with Crippen LogP contribution in [-0.4, -0.2) is 32.6 Å². The van der Waals surface area contributed by atoms with Crippen molar-refractivity contribution in [2.24, 2.45) is 5.92 Å². The van der Waals surface area contributed by atoms with Gasteiger partial charge in [-0.25, -0.2) is 4.39 Å². The molecule has 1 saturated heterocycles. The summed E-state index contributed by atoms with van der Waals surface area (Å²) in [6.07, 6.45) is 0.816. The van der Waals surface area contributed by atoms with Gasteiger partial charge in [-0.2, -0.15) is 0 Å². The third-order valence-electron chi connectivity index (χ3n) is 3.05. The Morgan fingerprint density at radius 1 is 1.47 bits per heavy atom. The highest BCUT2D eigenvalue weighted by atomic mass is 19.1. The SMILES string of the molecule is CN(CC(=O)C1CCOC1)c1ccc(F)cc1. The van der Waals surface area contributed by atoms with Gasteiger partial charge in [-0.15, -0.1) is 0 Å². The maximum absolute atomic E-state index is 12.8. The van der Waals surface area contributed by atoms with Crippen molar-refractivity contribution < 1.29 is 13.9 Å². The monoisotopic (exact) mass is 237 g/mol. The molecule has 2 rings (SSSR count). The summed E-state index contributed by atoms with van der Waals surface area (Å²) >= 11 is 0. The Hall–Kier alpha value is -1.42. The average molecular weight is 237 g/mol. The van der Waals surface area contributed by atoms with E-state index in [1.54, 1.807) is 12.1 Å². The summed E-state index contributed by atoms with van der Waals surface area (Å²) in [5.41, 5.74) is 0.846. The number of halogens is 1. The Kier molecular flexibility index (Phi) is 3.74. The maximum Gasteiger partial charge on any atom is 0.157 e. The lowest BCUT2D eigenvalue weighted by atomic mass is 10.0. The molecule has 0 aliphatic carbocycles. The third-order valence-corrected chi connectivity index (χ3v) is 3.05. The van der Waals surface area contributed by atoms with Crippen molar-refractivity contribution in [1.82, 2.24) is 0 Å². The van der Waals surface area contributed by atoms with Crippen LogP contribution in [0.4, 0.5) is 10.1 Å². The van der Waals surface area contributed by atoms with Crippen LogP contribution in [0.2, 0.25) is 0 Å². The number of nitrogens with zero attached hydrogens (tertiary/aromatic N) is 1. The standard InChI is InChI=1S/C13H16FNO2/c1-15(12-4-2-11(14)3-5-12)8-13(16)10-6-7-17-9-10/h2-5,10H,6-9H2,1H3. The lowest BCUT2D eigenvalue weighted by Gasteiger charge is -2.19. The van der Waals surface area contributed by atoms with E-state index in [-0.39, 0.29) is 17.5 Å². The molecule has 92 valence electrons. The number of benzene rings is 1. The minimum Gasteiger partial charge on any atom is -0.381 e. The zero-order valence-electron chi connectivity index (χ0n) is 9.86. The predicted octanol–water partition coefficient (Wildman–Crippen LogP) is 1.87. The molecule has 17 heavy (non-hydrogen) atoms. The molecule has 1 aromatic rings. The van der Waals surface area contributed by atoms with Crippen LogP contribution in [0.5, 0.6) is 0 Å². The van der Waals surface area contributed by atoms with Gasteiger partial charge in [0, 0.05) is 25.3 Å². The molecule has 1 fully saturated rings. The highest BCUT2D eigenvalue weighted by Crippen LogP contribution is 2.17. The normalized spacial score (nSPS) is 19.3. The molecular weight excluding hydrogens is 221 g/mol. The van der Waals surface area contributed by atoms with Crippen LogP contribution < -0.4 is 4.90 Å². The molecule has 4 heteroatoms. The molecule has 1 aliphatic rings. The molecule has 0 amide bonds. The van der Waals surface area contributed by atoms with Crippen molar-refractivity contribution in [3.63, 3.8) is 0 Å². The van der Waals surface area contributed by atoms with Crippen LogP contribution in [0.1, 0.15) is 6.42 Å². The van der Waals surface area contributed by atoms with Crippen molar-refractivity contribution in [3.8, 4) is 0 Å². The lowest BCUT2D eigenvalue weighted by molar-refractivity contribution is -0.121. The molecule has 3 nitrogen and oxygen atoms in total. The van der Waals surface area contributed by atoms with E-state index < -0.39 is 0 Å². The van der Waals surface area contributed by atoms with Crippen molar-refractivity contribution in [3.05, 3.63) is 30.1 Å². The van der Waals surface area contributed by atoms with Crippen LogP contribution in [0.25, 0.3) is 0 Å². The Balaban J connectivity index is 1.93. The highest BCUT2D eigenvalue weighted by Gasteiger charge is 2.24. The fraction of sp³-hybridized carbons (Fsp3) is 0.462. The second-order valence-corrected chi connectivity index (χ2v) is 4.36. The fourth-order valence-corrected chi connectivity index (χ4v) is 1.94. The van der Waals surface area contributed by atoms with Gasteiger partial charge < -0.3 is 9.64 Å². The molecule has 1 aliphatic heterocycles. The summed E-state index contributed by atoms with van der Waals surface area (Å²) in [6.45, 7) is 1.56. The van der Waals surface area contributed by atoms with E-state index in [9.17, 15) is 9.18 Å². The largest absolute Gasteiger partial charge is 0.381 e. The molecular formula is C13H16FNO2. The quantitative estimate of drug-likeness (QED) is 0.800. The molecule has 0 saturated carbocycles.